The summed E-state index contributed by atoms with van der Waals surface area (Å²) in [5.74, 6) is 0.644. The van der Waals surface area contributed by atoms with E-state index < -0.39 is 11.7 Å². The van der Waals surface area contributed by atoms with Crippen LogP contribution in [0.5, 0.6) is 17.2 Å². The van der Waals surface area contributed by atoms with Gasteiger partial charge in [-0.15, -0.1) is 0 Å². The van der Waals surface area contributed by atoms with Crippen LogP contribution in [-0.2, 0) is 0 Å². The lowest BCUT2D eigenvalue weighted by molar-refractivity contribution is 0.0949. The van der Waals surface area contributed by atoms with Gasteiger partial charge in [-0.05, 0) is 43.3 Å². The predicted octanol–water partition coefficient (Wildman–Crippen LogP) is 4.07. The first-order chi connectivity index (χ1) is 15.0. The van der Waals surface area contributed by atoms with E-state index in [4.69, 9.17) is 14.2 Å². The van der Waals surface area contributed by atoms with Gasteiger partial charge in [0.2, 0.25) is 0 Å². The zero-order valence-electron chi connectivity index (χ0n) is 17.4. The number of amides is 1. The van der Waals surface area contributed by atoms with Crippen LogP contribution in [0.4, 0.5) is 4.39 Å². The summed E-state index contributed by atoms with van der Waals surface area (Å²) in [5, 5.41) is 3.92. The van der Waals surface area contributed by atoms with Gasteiger partial charge in [0.1, 0.15) is 28.8 Å². The molecule has 0 spiro atoms. The number of halogens is 1. The van der Waals surface area contributed by atoms with Gasteiger partial charge in [0.15, 0.2) is 0 Å². The molecule has 8 heteroatoms. The standard InChI is InChI=1S/C23H22FN3O4/c1-4-31-18-7-5-16(6-8-18)21-11-17(24)12-22(26-21)23(28)27-25-14-15-9-19(29-2)13-20(10-15)30-3/h5-14H,4H2,1-3H3,(H,27,28)/b25-14+. The van der Waals surface area contributed by atoms with Crippen molar-refractivity contribution < 1.29 is 23.4 Å². The lowest BCUT2D eigenvalue weighted by Crippen LogP contribution is -2.19. The Morgan fingerprint density at radius 2 is 1.71 bits per heavy atom. The molecule has 31 heavy (non-hydrogen) atoms. The highest BCUT2D eigenvalue weighted by atomic mass is 19.1. The van der Waals surface area contributed by atoms with Crippen LogP contribution >= 0.6 is 0 Å². The van der Waals surface area contributed by atoms with Gasteiger partial charge in [0.25, 0.3) is 5.91 Å². The fourth-order valence-corrected chi connectivity index (χ4v) is 2.78. The van der Waals surface area contributed by atoms with Crippen molar-refractivity contribution in [3.05, 3.63) is 71.7 Å². The number of hydrogen-bond acceptors (Lipinski definition) is 6. The van der Waals surface area contributed by atoms with Crippen molar-refractivity contribution >= 4 is 12.1 Å². The van der Waals surface area contributed by atoms with Crippen molar-refractivity contribution in [3.63, 3.8) is 0 Å². The van der Waals surface area contributed by atoms with E-state index in [9.17, 15) is 9.18 Å². The highest BCUT2D eigenvalue weighted by molar-refractivity contribution is 5.93. The van der Waals surface area contributed by atoms with Gasteiger partial charge in [-0.25, -0.2) is 14.8 Å². The number of rotatable bonds is 8. The normalized spacial score (nSPS) is 10.7. The van der Waals surface area contributed by atoms with E-state index in [2.05, 4.69) is 15.5 Å². The number of carbonyl (C=O) groups excluding carboxylic acids is 1. The van der Waals surface area contributed by atoms with E-state index in [1.807, 2.05) is 6.92 Å². The first kappa shape index (κ1) is 21.8. The summed E-state index contributed by atoms with van der Waals surface area (Å²) in [6.45, 7) is 2.44. The third-order valence-electron chi connectivity index (χ3n) is 4.24. The largest absolute Gasteiger partial charge is 0.497 e. The van der Waals surface area contributed by atoms with Crippen LogP contribution in [0, 0.1) is 5.82 Å². The first-order valence-corrected chi connectivity index (χ1v) is 9.49. The van der Waals surface area contributed by atoms with E-state index >= 15 is 0 Å². The number of nitrogens with one attached hydrogen (secondary N) is 1. The van der Waals surface area contributed by atoms with Crippen molar-refractivity contribution in [2.45, 2.75) is 6.92 Å². The van der Waals surface area contributed by atoms with Crippen molar-refractivity contribution in [1.29, 1.82) is 0 Å². The van der Waals surface area contributed by atoms with Crippen LogP contribution in [0.15, 0.2) is 59.7 Å². The van der Waals surface area contributed by atoms with E-state index in [-0.39, 0.29) is 5.69 Å². The molecule has 3 aromatic rings. The van der Waals surface area contributed by atoms with Gasteiger partial charge in [-0.2, -0.15) is 5.10 Å². The Balaban J connectivity index is 1.75. The molecule has 1 N–H and O–H groups in total. The second-order valence-corrected chi connectivity index (χ2v) is 6.36. The molecule has 0 bridgehead atoms. The number of nitrogens with zero attached hydrogens (tertiary/aromatic N) is 2. The Bertz CT molecular complexity index is 1060. The van der Waals surface area contributed by atoms with Crippen LogP contribution in [0.3, 0.4) is 0 Å². The van der Waals surface area contributed by atoms with Crippen LogP contribution < -0.4 is 19.6 Å². The molecule has 0 atom stereocenters. The van der Waals surface area contributed by atoms with Gasteiger partial charge >= 0.3 is 0 Å². The number of benzene rings is 2. The van der Waals surface area contributed by atoms with Crippen LogP contribution in [0.1, 0.15) is 23.0 Å². The summed E-state index contributed by atoms with van der Waals surface area (Å²) in [6, 6.07) is 14.5. The molecule has 2 aromatic carbocycles. The molecule has 0 radical (unpaired) electrons. The second-order valence-electron chi connectivity index (χ2n) is 6.36. The Labute approximate surface area is 179 Å². The molecular weight excluding hydrogens is 401 g/mol. The molecule has 0 unspecified atom stereocenters. The quantitative estimate of drug-likeness (QED) is 0.436. The Kier molecular flexibility index (Phi) is 7.16. The maximum absolute atomic E-state index is 14.1. The Hall–Kier alpha value is -3.94. The monoisotopic (exact) mass is 423 g/mol. The summed E-state index contributed by atoms with van der Waals surface area (Å²) in [4.78, 5) is 16.7. The molecule has 0 saturated carbocycles. The maximum Gasteiger partial charge on any atom is 0.290 e. The minimum absolute atomic E-state index is 0.0933. The fourth-order valence-electron chi connectivity index (χ4n) is 2.78. The number of hydrazone groups is 1. The lowest BCUT2D eigenvalue weighted by atomic mass is 10.1. The summed E-state index contributed by atoms with van der Waals surface area (Å²) >= 11 is 0. The third kappa shape index (κ3) is 5.79. The molecule has 0 aliphatic carbocycles. The molecule has 0 saturated heterocycles. The van der Waals surface area contributed by atoms with E-state index in [0.717, 1.165) is 6.07 Å². The van der Waals surface area contributed by atoms with Crippen LogP contribution in [0.25, 0.3) is 11.3 Å². The van der Waals surface area contributed by atoms with Crippen molar-refractivity contribution in [2.75, 3.05) is 20.8 Å². The van der Waals surface area contributed by atoms with E-state index in [0.29, 0.717) is 40.7 Å². The molecule has 3 rings (SSSR count). The Morgan fingerprint density at radius 3 is 2.32 bits per heavy atom. The summed E-state index contributed by atoms with van der Waals surface area (Å²) in [7, 11) is 3.07. The van der Waals surface area contributed by atoms with E-state index in [1.165, 1.54) is 26.5 Å². The lowest BCUT2D eigenvalue weighted by Gasteiger charge is -2.07. The van der Waals surface area contributed by atoms with Gasteiger partial charge in [-0.1, -0.05) is 0 Å². The van der Waals surface area contributed by atoms with Gasteiger partial charge in [0, 0.05) is 29.3 Å². The number of aromatic nitrogens is 1. The highest BCUT2D eigenvalue weighted by Crippen LogP contribution is 2.23. The average Bonchev–Trinajstić information content (AvgIpc) is 2.79. The third-order valence-corrected chi connectivity index (χ3v) is 4.24. The smallest absolute Gasteiger partial charge is 0.290 e. The number of hydrogen-bond donors (Lipinski definition) is 1. The van der Waals surface area contributed by atoms with Crippen molar-refractivity contribution in [3.8, 4) is 28.5 Å². The van der Waals surface area contributed by atoms with Crippen LogP contribution in [0.2, 0.25) is 0 Å². The van der Waals surface area contributed by atoms with Crippen LogP contribution in [-0.4, -0.2) is 37.9 Å². The summed E-state index contributed by atoms with van der Waals surface area (Å²) in [6.07, 6.45) is 1.43. The molecule has 0 fully saturated rings. The first-order valence-electron chi connectivity index (χ1n) is 9.49. The number of ether oxygens (including phenoxy) is 3. The zero-order chi connectivity index (χ0) is 22.2. The molecule has 7 nitrogen and oxygen atoms in total. The average molecular weight is 423 g/mol. The molecule has 1 aromatic heterocycles. The van der Waals surface area contributed by atoms with Gasteiger partial charge in [0.05, 0.1) is 32.7 Å². The zero-order valence-corrected chi connectivity index (χ0v) is 17.4. The molecular formula is C23H22FN3O4. The second kappa shape index (κ2) is 10.2. The Morgan fingerprint density at radius 1 is 1.03 bits per heavy atom. The summed E-state index contributed by atoms with van der Waals surface area (Å²) in [5.41, 5.74) is 3.90. The molecule has 0 aliphatic rings. The highest BCUT2D eigenvalue weighted by Gasteiger charge is 2.12. The van der Waals surface area contributed by atoms with Gasteiger partial charge < -0.3 is 14.2 Å². The van der Waals surface area contributed by atoms with E-state index in [1.54, 1.807) is 42.5 Å². The van der Waals surface area contributed by atoms with Crippen molar-refractivity contribution in [1.82, 2.24) is 10.4 Å². The fraction of sp³-hybridized carbons (Fsp3) is 0.174. The molecule has 1 amide bonds. The predicted molar refractivity (Wildman–Crippen MR) is 115 cm³/mol. The number of pyridine rings is 1. The maximum atomic E-state index is 14.1. The number of methoxy groups -OCH3 is 2. The van der Waals surface area contributed by atoms with Crippen molar-refractivity contribution in [2.24, 2.45) is 5.10 Å². The van der Waals surface area contributed by atoms with Gasteiger partial charge in [-0.3, -0.25) is 4.79 Å². The minimum Gasteiger partial charge on any atom is -0.497 e. The SMILES string of the molecule is CCOc1ccc(-c2cc(F)cc(C(=O)N/N=C/c3cc(OC)cc(OC)c3)n2)cc1. The molecule has 160 valence electrons. The molecule has 0 aliphatic heterocycles. The summed E-state index contributed by atoms with van der Waals surface area (Å²) < 4.78 is 29.9. The number of carbonyl (C=O) groups is 1. The topological polar surface area (TPSA) is 82.0 Å². The minimum atomic E-state index is -0.641. The molecule has 1 heterocycles.